The Labute approximate surface area is 85.1 Å². The van der Waals surface area contributed by atoms with Gasteiger partial charge in [-0.05, 0) is 32.7 Å². The monoisotopic (exact) mass is 190 g/mol. The number of carbonyl (C=O) groups is 1. The molecule has 1 aliphatic heterocycles. The smallest absolute Gasteiger partial charge is 0.141 e. The zero-order chi connectivity index (χ0) is 10.0. The number of Topliss-reactive ketones (excluding diaryl/α,β-unsaturated/α-hetero) is 1. The molecule has 0 bridgehead atoms. The molecule has 0 aromatic rings. The Balaban J connectivity index is 2.30. The minimum Gasteiger partial charge on any atom is -0.315 e. The molecule has 2 rings (SSSR count). The highest BCUT2D eigenvalue weighted by atomic mass is 16.1. The van der Waals surface area contributed by atoms with Crippen LogP contribution in [0.1, 0.15) is 19.8 Å². The molecule has 1 radical (unpaired) electrons. The van der Waals surface area contributed by atoms with Gasteiger partial charge in [0.15, 0.2) is 0 Å². The lowest BCUT2D eigenvalue weighted by molar-refractivity contribution is -0.123. The van der Waals surface area contributed by atoms with Crippen LogP contribution in [0.5, 0.6) is 0 Å². The van der Waals surface area contributed by atoms with Crippen LogP contribution in [-0.2, 0) is 4.79 Å². The number of nitrogens with one attached hydrogen (secondary N) is 1. The average Bonchev–Trinajstić information content (AvgIpc) is 2.69. The summed E-state index contributed by atoms with van der Waals surface area (Å²) in [6, 6.07) is 0. The van der Waals surface area contributed by atoms with Gasteiger partial charge in [-0.25, -0.2) is 0 Å². The van der Waals surface area contributed by atoms with Gasteiger partial charge in [-0.1, -0.05) is 23.8 Å². The normalized spacial score (nSPS) is 31.6. The van der Waals surface area contributed by atoms with Crippen LogP contribution in [0, 0.1) is 11.8 Å². The van der Waals surface area contributed by atoms with Crippen LogP contribution >= 0.6 is 0 Å². The van der Waals surface area contributed by atoms with Crippen molar-refractivity contribution in [2.75, 3.05) is 13.1 Å². The predicted octanol–water partition coefficient (Wildman–Crippen LogP) is 1.65. The van der Waals surface area contributed by atoms with E-state index >= 15 is 0 Å². The molecule has 1 heterocycles. The summed E-state index contributed by atoms with van der Waals surface area (Å²) in [5.41, 5.74) is 0.975. The Morgan fingerprint density at radius 1 is 1.57 bits per heavy atom. The summed E-state index contributed by atoms with van der Waals surface area (Å²) in [7, 11) is 0. The van der Waals surface area contributed by atoms with Crippen molar-refractivity contribution in [2.45, 2.75) is 19.8 Å². The molecule has 0 aromatic heterocycles. The van der Waals surface area contributed by atoms with E-state index in [1.165, 1.54) is 5.57 Å². The summed E-state index contributed by atoms with van der Waals surface area (Å²) < 4.78 is 0. The Morgan fingerprint density at radius 2 is 2.43 bits per heavy atom. The zero-order valence-electron chi connectivity index (χ0n) is 8.55. The fourth-order valence-electron chi connectivity index (χ4n) is 2.31. The highest BCUT2D eigenvalue weighted by Gasteiger charge is 2.41. The molecule has 0 saturated carbocycles. The van der Waals surface area contributed by atoms with Gasteiger partial charge in [0.25, 0.3) is 0 Å². The second-order valence-corrected chi connectivity index (χ2v) is 4.06. The van der Waals surface area contributed by atoms with E-state index in [9.17, 15) is 4.79 Å². The molecule has 2 heteroatoms. The van der Waals surface area contributed by atoms with Crippen LogP contribution in [0.15, 0.2) is 23.8 Å². The summed E-state index contributed by atoms with van der Waals surface area (Å²) in [5.74, 6) is 0.292. The summed E-state index contributed by atoms with van der Waals surface area (Å²) in [6.07, 6.45) is 10.3. The first-order chi connectivity index (χ1) is 6.76. The third-order valence-electron chi connectivity index (χ3n) is 3.27. The van der Waals surface area contributed by atoms with Gasteiger partial charge in [-0.3, -0.25) is 4.79 Å². The van der Waals surface area contributed by atoms with Gasteiger partial charge in [0.1, 0.15) is 5.78 Å². The van der Waals surface area contributed by atoms with E-state index in [1.54, 1.807) is 6.92 Å². The third kappa shape index (κ3) is 1.44. The molecule has 0 amide bonds. The zero-order valence-corrected chi connectivity index (χ0v) is 8.55. The molecule has 2 nitrogen and oxygen atoms in total. The molecule has 0 spiro atoms. The van der Waals surface area contributed by atoms with Gasteiger partial charge in [-0.2, -0.15) is 0 Å². The lowest BCUT2D eigenvalue weighted by Crippen LogP contribution is -2.34. The van der Waals surface area contributed by atoms with Crippen LogP contribution in [0.3, 0.4) is 0 Å². The molecule has 2 aliphatic rings. The van der Waals surface area contributed by atoms with E-state index in [0.717, 1.165) is 25.9 Å². The molecule has 1 saturated heterocycles. The van der Waals surface area contributed by atoms with Crippen molar-refractivity contribution in [3.63, 3.8) is 0 Å². The Bertz CT molecular complexity index is 295. The van der Waals surface area contributed by atoms with Crippen LogP contribution in [-0.4, -0.2) is 18.9 Å². The summed E-state index contributed by atoms with van der Waals surface area (Å²) >= 11 is 0. The number of hydrogen-bond donors (Lipinski definition) is 1. The maximum Gasteiger partial charge on any atom is 0.141 e. The van der Waals surface area contributed by atoms with Gasteiger partial charge in [-0.15, -0.1) is 0 Å². The van der Waals surface area contributed by atoms with E-state index in [-0.39, 0.29) is 5.41 Å². The van der Waals surface area contributed by atoms with Crippen LogP contribution in [0.2, 0.25) is 0 Å². The van der Waals surface area contributed by atoms with E-state index in [1.807, 2.05) is 0 Å². The first-order valence-electron chi connectivity index (χ1n) is 5.18. The molecule has 0 unspecified atom stereocenters. The first kappa shape index (κ1) is 9.66. The number of rotatable bonds is 2. The lowest BCUT2D eigenvalue weighted by atomic mass is 9.73. The molecule has 1 atom stereocenters. The second-order valence-electron chi connectivity index (χ2n) is 4.06. The summed E-state index contributed by atoms with van der Waals surface area (Å²) in [5, 5.41) is 3.29. The Kier molecular flexibility index (Phi) is 2.55. The van der Waals surface area contributed by atoms with Crippen molar-refractivity contribution in [1.82, 2.24) is 5.32 Å². The summed E-state index contributed by atoms with van der Waals surface area (Å²) in [6.45, 7) is 3.47. The van der Waals surface area contributed by atoms with Crippen molar-refractivity contribution in [3.05, 3.63) is 30.2 Å². The summed E-state index contributed by atoms with van der Waals surface area (Å²) in [4.78, 5) is 11.7. The van der Waals surface area contributed by atoms with E-state index < -0.39 is 0 Å². The van der Waals surface area contributed by atoms with E-state index in [4.69, 9.17) is 0 Å². The average molecular weight is 190 g/mol. The standard InChI is InChI=1S/C12H16NO/c1-10(14)12(7-8-13-9-12)11-5-3-2-4-6-11/h2-3,5-6,13H,4,7-9H2,1H3/t12-/m0/s1. The van der Waals surface area contributed by atoms with Crippen molar-refractivity contribution in [3.8, 4) is 0 Å². The van der Waals surface area contributed by atoms with Crippen LogP contribution in [0.4, 0.5) is 0 Å². The van der Waals surface area contributed by atoms with E-state index in [0.29, 0.717) is 5.78 Å². The van der Waals surface area contributed by atoms with Crippen molar-refractivity contribution >= 4 is 5.78 Å². The molecule has 1 fully saturated rings. The van der Waals surface area contributed by atoms with E-state index in [2.05, 4.69) is 30.0 Å². The van der Waals surface area contributed by atoms with Gasteiger partial charge in [0.2, 0.25) is 0 Å². The quantitative estimate of drug-likeness (QED) is 0.717. The number of carbonyl (C=O) groups excluding carboxylic acids is 1. The van der Waals surface area contributed by atoms with Gasteiger partial charge >= 0.3 is 0 Å². The molecular weight excluding hydrogens is 174 g/mol. The molecular formula is C12H16NO. The molecule has 75 valence electrons. The topological polar surface area (TPSA) is 29.1 Å². The fourth-order valence-corrected chi connectivity index (χ4v) is 2.31. The minimum atomic E-state index is -0.231. The Morgan fingerprint density at radius 3 is 2.93 bits per heavy atom. The number of allylic oxidation sites excluding steroid dienone is 3. The van der Waals surface area contributed by atoms with Crippen LogP contribution in [0.25, 0.3) is 0 Å². The van der Waals surface area contributed by atoms with Crippen molar-refractivity contribution in [2.24, 2.45) is 5.41 Å². The first-order valence-corrected chi connectivity index (χ1v) is 5.18. The largest absolute Gasteiger partial charge is 0.315 e. The van der Waals surface area contributed by atoms with Gasteiger partial charge in [0, 0.05) is 6.54 Å². The van der Waals surface area contributed by atoms with Gasteiger partial charge < -0.3 is 5.32 Å². The maximum absolute atomic E-state index is 11.7. The van der Waals surface area contributed by atoms with Crippen LogP contribution < -0.4 is 5.32 Å². The van der Waals surface area contributed by atoms with Gasteiger partial charge in [0.05, 0.1) is 5.41 Å². The highest BCUT2D eigenvalue weighted by molar-refractivity contribution is 5.87. The molecule has 14 heavy (non-hydrogen) atoms. The minimum absolute atomic E-state index is 0.231. The highest BCUT2D eigenvalue weighted by Crippen LogP contribution is 2.38. The lowest BCUT2D eigenvalue weighted by Gasteiger charge is -2.29. The number of hydrogen-bond acceptors (Lipinski definition) is 2. The second kappa shape index (κ2) is 3.70. The fraction of sp³-hybridized carbons (Fsp3) is 0.500. The van der Waals surface area contributed by atoms with Crippen molar-refractivity contribution in [1.29, 1.82) is 0 Å². The molecule has 1 N–H and O–H groups in total. The predicted molar refractivity (Wildman–Crippen MR) is 56.7 cm³/mol. The Hall–Kier alpha value is -0.890. The SMILES string of the molecule is CC(=O)[C@]1(C2=CC=CC[CH]2)CCNC1. The number of ketones is 1. The molecule has 1 aliphatic carbocycles. The maximum atomic E-state index is 11.7. The molecule has 0 aromatic carbocycles. The van der Waals surface area contributed by atoms with Crippen molar-refractivity contribution < 1.29 is 4.79 Å². The third-order valence-corrected chi connectivity index (χ3v) is 3.27.